The van der Waals surface area contributed by atoms with Gasteiger partial charge in [0, 0.05) is 12.4 Å². The smallest absolute Gasteiger partial charge is 0.325 e. The van der Waals surface area contributed by atoms with Crippen LogP contribution in [0.2, 0.25) is 0 Å². The van der Waals surface area contributed by atoms with Crippen LogP contribution in [0.1, 0.15) is 23.7 Å². The summed E-state index contributed by atoms with van der Waals surface area (Å²) in [6.45, 7) is 3.94. The van der Waals surface area contributed by atoms with Crippen LogP contribution in [0.15, 0.2) is 42.7 Å². The summed E-state index contributed by atoms with van der Waals surface area (Å²) in [6, 6.07) is 8.67. The van der Waals surface area contributed by atoms with E-state index in [1.165, 1.54) is 4.90 Å². The number of ether oxygens (including phenoxy) is 2. The van der Waals surface area contributed by atoms with Crippen LogP contribution in [0, 0.1) is 6.92 Å². The maximum absolute atomic E-state index is 13.1. The molecule has 0 spiro atoms. The fourth-order valence-electron chi connectivity index (χ4n) is 3.64. The second-order valence-electron chi connectivity index (χ2n) is 7.22. The number of hydrogen-bond acceptors (Lipinski definition) is 5. The highest BCUT2D eigenvalue weighted by Gasteiger charge is 2.49. The predicted octanol–water partition coefficient (Wildman–Crippen LogP) is 2.34. The SMILES string of the molecule is Cc1ccc2nc(CN3C(=O)NC(C)(c4ccc5c(c4)OCO5)C3=O)cn2c1. The first-order valence-electron chi connectivity index (χ1n) is 8.92. The fraction of sp³-hybridized carbons (Fsp3) is 0.250. The van der Waals surface area contributed by atoms with E-state index in [9.17, 15) is 9.59 Å². The average Bonchev–Trinajstić information content (AvgIpc) is 3.34. The Kier molecular flexibility index (Phi) is 3.39. The molecule has 142 valence electrons. The molecule has 0 radical (unpaired) electrons. The van der Waals surface area contributed by atoms with Crippen molar-refractivity contribution in [3.05, 3.63) is 59.5 Å². The number of fused-ring (bicyclic) bond motifs is 2. The third kappa shape index (κ3) is 2.41. The highest BCUT2D eigenvalue weighted by Crippen LogP contribution is 2.38. The molecule has 1 unspecified atom stereocenters. The zero-order chi connectivity index (χ0) is 19.5. The third-order valence-corrected chi connectivity index (χ3v) is 5.19. The number of benzene rings is 1. The minimum absolute atomic E-state index is 0.103. The number of imide groups is 1. The molecule has 8 nitrogen and oxygen atoms in total. The fourth-order valence-corrected chi connectivity index (χ4v) is 3.64. The number of imidazole rings is 1. The monoisotopic (exact) mass is 378 g/mol. The maximum atomic E-state index is 13.1. The topological polar surface area (TPSA) is 85.2 Å². The Morgan fingerprint density at radius 1 is 1.14 bits per heavy atom. The van der Waals surface area contributed by atoms with Crippen molar-refractivity contribution in [3.8, 4) is 11.5 Å². The van der Waals surface area contributed by atoms with Crippen LogP contribution in [-0.2, 0) is 16.9 Å². The number of hydrogen-bond donors (Lipinski definition) is 1. The predicted molar refractivity (Wildman–Crippen MR) is 98.9 cm³/mol. The first kappa shape index (κ1) is 16.6. The summed E-state index contributed by atoms with van der Waals surface area (Å²) >= 11 is 0. The highest BCUT2D eigenvalue weighted by atomic mass is 16.7. The Labute approximate surface area is 160 Å². The maximum Gasteiger partial charge on any atom is 0.325 e. The van der Waals surface area contributed by atoms with E-state index in [-0.39, 0.29) is 19.2 Å². The lowest BCUT2D eigenvalue weighted by molar-refractivity contribution is -0.131. The van der Waals surface area contributed by atoms with Crippen molar-refractivity contribution in [2.45, 2.75) is 25.9 Å². The van der Waals surface area contributed by atoms with Gasteiger partial charge < -0.3 is 19.2 Å². The van der Waals surface area contributed by atoms with E-state index >= 15 is 0 Å². The Bertz CT molecular complexity index is 1140. The van der Waals surface area contributed by atoms with E-state index < -0.39 is 11.6 Å². The molecule has 2 aromatic heterocycles. The molecule has 2 aliphatic heterocycles. The molecule has 8 heteroatoms. The van der Waals surface area contributed by atoms with Crippen molar-refractivity contribution in [2.75, 3.05) is 6.79 Å². The van der Waals surface area contributed by atoms with Gasteiger partial charge in [-0.1, -0.05) is 12.1 Å². The summed E-state index contributed by atoms with van der Waals surface area (Å²) in [4.78, 5) is 31.4. The van der Waals surface area contributed by atoms with Crippen LogP contribution < -0.4 is 14.8 Å². The normalized spacial score (nSPS) is 20.9. The number of carbonyl (C=O) groups is 2. The standard InChI is InChI=1S/C20H18N4O4/c1-12-3-6-17-21-14(9-23(17)8-12)10-24-18(25)20(2,22-19(24)26)13-4-5-15-16(7-13)28-11-27-15/h3-9H,10-11H2,1-2H3,(H,22,26). The second kappa shape index (κ2) is 5.72. The van der Waals surface area contributed by atoms with Gasteiger partial charge in [-0.15, -0.1) is 0 Å². The lowest BCUT2D eigenvalue weighted by Crippen LogP contribution is -2.40. The van der Waals surface area contributed by atoms with E-state index in [0.717, 1.165) is 11.2 Å². The molecular weight excluding hydrogens is 360 g/mol. The summed E-state index contributed by atoms with van der Waals surface area (Å²) < 4.78 is 12.6. The minimum Gasteiger partial charge on any atom is -0.454 e. The third-order valence-electron chi connectivity index (χ3n) is 5.19. The van der Waals surface area contributed by atoms with Crippen molar-refractivity contribution in [1.82, 2.24) is 19.6 Å². The van der Waals surface area contributed by atoms with Gasteiger partial charge in [-0.3, -0.25) is 9.69 Å². The zero-order valence-corrected chi connectivity index (χ0v) is 15.4. The molecule has 1 saturated heterocycles. The number of aryl methyl sites for hydroxylation is 1. The van der Waals surface area contributed by atoms with Crippen molar-refractivity contribution in [2.24, 2.45) is 0 Å². The molecule has 3 amide bonds. The number of aromatic nitrogens is 2. The van der Waals surface area contributed by atoms with Gasteiger partial charge in [0.05, 0.1) is 12.2 Å². The number of urea groups is 1. The first-order valence-corrected chi connectivity index (χ1v) is 8.92. The number of pyridine rings is 1. The van der Waals surface area contributed by atoms with Crippen LogP contribution in [-0.4, -0.2) is 33.0 Å². The summed E-state index contributed by atoms with van der Waals surface area (Å²) in [5.74, 6) is 0.862. The first-order chi connectivity index (χ1) is 13.4. The van der Waals surface area contributed by atoms with E-state index in [1.807, 2.05) is 35.9 Å². The molecule has 1 N–H and O–H groups in total. The van der Waals surface area contributed by atoms with Gasteiger partial charge in [0.1, 0.15) is 11.2 Å². The van der Waals surface area contributed by atoms with Crippen molar-refractivity contribution >= 4 is 17.6 Å². The van der Waals surface area contributed by atoms with Gasteiger partial charge in [-0.2, -0.15) is 0 Å². The van der Waals surface area contributed by atoms with Crippen LogP contribution in [0.3, 0.4) is 0 Å². The molecule has 5 rings (SSSR count). The molecule has 0 saturated carbocycles. The van der Waals surface area contributed by atoms with Crippen LogP contribution in [0.25, 0.3) is 5.65 Å². The second-order valence-corrected chi connectivity index (χ2v) is 7.22. The number of rotatable bonds is 3. The van der Waals surface area contributed by atoms with Crippen molar-refractivity contribution in [3.63, 3.8) is 0 Å². The molecule has 4 heterocycles. The Balaban J connectivity index is 1.45. The van der Waals surface area contributed by atoms with E-state index in [4.69, 9.17) is 9.47 Å². The summed E-state index contributed by atoms with van der Waals surface area (Å²) in [5.41, 5.74) is 1.98. The van der Waals surface area contributed by atoms with Gasteiger partial charge in [0.2, 0.25) is 6.79 Å². The molecule has 2 aliphatic rings. The quantitative estimate of drug-likeness (QED) is 0.707. The molecule has 1 atom stereocenters. The number of carbonyl (C=O) groups excluding carboxylic acids is 2. The molecule has 28 heavy (non-hydrogen) atoms. The molecular formula is C20H18N4O4. The molecule has 0 bridgehead atoms. The Morgan fingerprint density at radius 3 is 2.82 bits per heavy atom. The molecule has 1 fully saturated rings. The van der Waals surface area contributed by atoms with Gasteiger partial charge in [0.25, 0.3) is 5.91 Å². The number of nitrogens with one attached hydrogen (secondary N) is 1. The molecule has 0 aliphatic carbocycles. The van der Waals surface area contributed by atoms with Gasteiger partial charge >= 0.3 is 6.03 Å². The van der Waals surface area contributed by atoms with Crippen LogP contribution >= 0.6 is 0 Å². The van der Waals surface area contributed by atoms with Crippen molar-refractivity contribution in [1.29, 1.82) is 0 Å². The van der Waals surface area contributed by atoms with E-state index in [1.54, 1.807) is 25.1 Å². The largest absolute Gasteiger partial charge is 0.454 e. The summed E-state index contributed by atoms with van der Waals surface area (Å²) in [5, 5.41) is 2.81. The lowest BCUT2D eigenvalue weighted by Gasteiger charge is -2.22. The lowest BCUT2D eigenvalue weighted by atomic mass is 9.91. The zero-order valence-electron chi connectivity index (χ0n) is 15.4. The van der Waals surface area contributed by atoms with E-state index in [0.29, 0.717) is 22.8 Å². The average molecular weight is 378 g/mol. The Morgan fingerprint density at radius 2 is 1.96 bits per heavy atom. The van der Waals surface area contributed by atoms with E-state index in [2.05, 4.69) is 10.3 Å². The van der Waals surface area contributed by atoms with Gasteiger partial charge in [-0.25, -0.2) is 9.78 Å². The van der Waals surface area contributed by atoms with Gasteiger partial charge in [0.15, 0.2) is 11.5 Å². The summed E-state index contributed by atoms with van der Waals surface area (Å²) in [6.07, 6.45) is 3.79. The summed E-state index contributed by atoms with van der Waals surface area (Å²) in [7, 11) is 0. The van der Waals surface area contributed by atoms with Crippen molar-refractivity contribution < 1.29 is 19.1 Å². The Hall–Kier alpha value is -3.55. The highest BCUT2D eigenvalue weighted by molar-refractivity contribution is 6.07. The number of nitrogens with zero attached hydrogens (tertiary/aromatic N) is 3. The van der Waals surface area contributed by atoms with Crippen LogP contribution in [0.5, 0.6) is 11.5 Å². The molecule has 1 aromatic carbocycles. The molecule has 3 aromatic rings. The number of amides is 3. The minimum atomic E-state index is -1.17. The van der Waals surface area contributed by atoms with Crippen LogP contribution in [0.4, 0.5) is 4.79 Å². The van der Waals surface area contributed by atoms with Gasteiger partial charge in [-0.05, 0) is 43.2 Å².